The van der Waals surface area contributed by atoms with Crippen molar-refractivity contribution in [2.75, 3.05) is 6.54 Å². The lowest BCUT2D eigenvalue weighted by molar-refractivity contribution is -0.147. The normalized spacial score (nSPS) is 12.1. The summed E-state index contributed by atoms with van der Waals surface area (Å²) in [4.78, 5) is 15.6. The van der Waals surface area contributed by atoms with Crippen LogP contribution in [-0.2, 0) is 14.8 Å². The Morgan fingerprint density at radius 3 is 2.24 bits per heavy atom. The van der Waals surface area contributed by atoms with Gasteiger partial charge in [0.25, 0.3) is 15.9 Å². The molecule has 156 valence electrons. The Labute approximate surface area is 168 Å². The first-order valence-electron chi connectivity index (χ1n) is 8.64. The highest BCUT2D eigenvalue weighted by molar-refractivity contribution is 7.89. The molecule has 1 amide bonds. The molecule has 0 saturated heterocycles. The van der Waals surface area contributed by atoms with E-state index in [2.05, 4.69) is 4.99 Å². The summed E-state index contributed by atoms with van der Waals surface area (Å²) >= 11 is 0. The molecule has 0 bridgehead atoms. The number of carbonyl (C=O) groups is 1. The molecular formula is C18H23N5O5S. The van der Waals surface area contributed by atoms with Gasteiger partial charge >= 0.3 is 0 Å². The predicted octanol–water partition coefficient (Wildman–Crippen LogP) is 0.766. The van der Waals surface area contributed by atoms with Crippen molar-refractivity contribution < 1.29 is 23.2 Å². The van der Waals surface area contributed by atoms with E-state index in [0.717, 1.165) is 0 Å². The van der Waals surface area contributed by atoms with Gasteiger partial charge in [0.1, 0.15) is 11.5 Å². The van der Waals surface area contributed by atoms with Gasteiger partial charge in [0.2, 0.25) is 0 Å². The van der Waals surface area contributed by atoms with Crippen LogP contribution < -0.4 is 21.9 Å². The lowest BCUT2D eigenvalue weighted by Gasteiger charge is -2.19. The largest absolute Gasteiger partial charge is 0.457 e. The highest BCUT2D eigenvalue weighted by atomic mass is 32.2. The van der Waals surface area contributed by atoms with Crippen molar-refractivity contribution in [3.8, 4) is 11.5 Å². The molecule has 2 aromatic rings. The van der Waals surface area contributed by atoms with Crippen LogP contribution in [0.2, 0.25) is 0 Å². The summed E-state index contributed by atoms with van der Waals surface area (Å²) in [5, 5.41) is 9.94. The molecule has 2 aromatic carbocycles. The topological polar surface area (TPSA) is 174 Å². The molecule has 29 heavy (non-hydrogen) atoms. The Morgan fingerprint density at radius 2 is 1.66 bits per heavy atom. The minimum Gasteiger partial charge on any atom is -0.457 e. The molecule has 0 radical (unpaired) electrons. The predicted molar refractivity (Wildman–Crippen MR) is 107 cm³/mol. The van der Waals surface area contributed by atoms with Gasteiger partial charge in [-0.15, -0.1) is 4.47 Å². The van der Waals surface area contributed by atoms with Crippen molar-refractivity contribution in [1.82, 2.24) is 4.47 Å². The van der Waals surface area contributed by atoms with Crippen LogP contribution in [0, 0.1) is 0 Å². The summed E-state index contributed by atoms with van der Waals surface area (Å²) in [6.07, 6.45) is 0.427. The average molecular weight is 421 g/mol. The van der Waals surface area contributed by atoms with Crippen LogP contribution in [0.15, 0.2) is 64.5 Å². The first kappa shape index (κ1) is 22.1. The van der Waals surface area contributed by atoms with Crippen LogP contribution in [0.4, 0.5) is 0 Å². The number of nitrogens with zero attached hydrogens (tertiary/aromatic N) is 2. The molecule has 0 aliphatic rings. The second-order valence-electron chi connectivity index (χ2n) is 6.03. The van der Waals surface area contributed by atoms with E-state index in [1.165, 1.54) is 24.3 Å². The number of hydrogen-bond donors (Lipinski definition) is 4. The molecule has 10 nitrogen and oxygen atoms in total. The summed E-state index contributed by atoms with van der Waals surface area (Å²) in [5.74, 6) is -0.286. The minimum atomic E-state index is -4.48. The second kappa shape index (κ2) is 9.87. The van der Waals surface area contributed by atoms with Gasteiger partial charge in [-0.25, -0.2) is 0 Å². The van der Waals surface area contributed by atoms with E-state index in [4.69, 9.17) is 21.9 Å². The molecule has 1 atom stereocenters. The number of hydroxylamine groups is 1. The fraction of sp³-hybridized carbons (Fsp3) is 0.222. The van der Waals surface area contributed by atoms with Crippen LogP contribution in [0.5, 0.6) is 11.5 Å². The Kier molecular flexibility index (Phi) is 7.53. The smallest absolute Gasteiger partial charge is 0.289 e. The number of aliphatic imine (C=N–C) groups is 1. The van der Waals surface area contributed by atoms with Gasteiger partial charge < -0.3 is 21.9 Å². The Balaban J connectivity index is 2.02. The van der Waals surface area contributed by atoms with E-state index in [1.807, 2.05) is 6.07 Å². The van der Waals surface area contributed by atoms with Crippen LogP contribution in [0.1, 0.15) is 12.8 Å². The zero-order valence-corrected chi connectivity index (χ0v) is 16.3. The quantitative estimate of drug-likeness (QED) is 0.151. The van der Waals surface area contributed by atoms with E-state index in [1.54, 1.807) is 24.3 Å². The maximum atomic E-state index is 12.5. The van der Waals surface area contributed by atoms with Crippen molar-refractivity contribution in [2.24, 2.45) is 22.2 Å². The summed E-state index contributed by atoms with van der Waals surface area (Å²) in [6.45, 7) is 0.227. The molecule has 0 aliphatic carbocycles. The number of guanidine groups is 1. The Morgan fingerprint density at radius 1 is 1.07 bits per heavy atom. The molecule has 0 saturated carbocycles. The van der Waals surface area contributed by atoms with Gasteiger partial charge in [0.15, 0.2) is 5.96 Å². The molecule has 0 fully saturated rings. The monoisotopic (exact) mass is 421 g/mol. The van der Waals surface area contributed by atoms with Crippen LogP contribution in [0.25, 0.3) is 0 Å². The molecule has 0 aliphatic heterocycles. The highest BCUT2D eigenvalue weighted by Crippen LogP contribution is 2.24. The fourth-order valence-corrected chi connectivity index (χ4v) is 3.36. The van der Waals surface area contributed by atoms with Crippen molar-refractivity contribution in [3.05, 3.63) is 54.6 Å². The Bertz CT molecular complexity index is 944. The summed E-state index contributed by atoms with van der Waals surface area (Å²) in [6, 6.07) is 12.9. The maximum absolute atomic E-state index is 12.5. The van der Waals surface area contributed by atoms with Gasteiger partial charge in [-0.2, -0.15) is 8.42 Å². The molecule has 0 spiro atoms. The summed E-state index contributed by atoms with van der Waals surface area (Å²) in [7, 11) is -4.48. The van der Waals surface area contributed by atoms with E-state index in [9.17, 15) is 18.4 Å². The van der Waals surface area contributed by atoms with Gasteiger partial charge in [0.05, 0.1) is 10.9 Å². The third kappa shape index (κ3) is 6.17. The summed E-state index contributed by atoms with van der Waals surface area (Å²) in [5.41, 5.74) is 16.0. The number of para-hydroxylation sites is 1. The lowest BCUT2D eigenvalue weighted by Crippen LogP contribution is -2.45. The molecule has 0 heterocycles. The number of sulfonamides is 1. The molecule has 11 heteroatoms. The van der Waals surface area contributed by atoms with E-state index < -0.39 is 22.0 Å². The summed E-state index contributed by atoms with van der Waals surface area (Å²) < 4.78 is 30.2. The van der Waals surface area contributed by atoms with Crippen molar-refractivity contribution in [2.45, 2.75) is 23.8 Å². The zero-order valence-electron chi connectivity index (χ0n) is 15.5. The number of benzene rings is 2. The minimum absolute atomic E-state index is 0.0893. The number of nitrogens with two attached hydrogens (primary N) is 3. The first-order chi connectivity index (χ1) is 13.7. The van der Waals surface area contributed by atoms with Crippen LogP contribution in [-0.4, -0.2) is 42.5 Å². The highest BCUT2D eigenvalue weighted by Gasteiger charge is 2.31. The lowest BCUT2D eigenvalue weighted by atomic mass is 10.1. The molecule has 2 rings (SSSR count). The van der Waals surface area contributed by atoms with Crippen LogP contribution in [0.3, 0.4) is 0 Å². The third-order valence-corrected chi connectivity index (χ3v) is 5.30. The van der Waals surface area contributed by atoms with Gasteiger partial charge in [0, 0.05) is 6.54 Å². The molecule has 0 unspecified atom stereocenters. The first-order valence-corrected chi connectivity index (χ1v) is 10.1. The Hall–Kier alpha value is -3.15. The van der Waals surface area contributed by atoms with Crippen molar-refractivity contribution in [3.63, 3.8) is 0 Å². The number of rotatable bonds is 9. The van der Waals surface area contributed by atoms with Crippen LogP contribution >= 0.6 is 0 Å². The molecular weight excluding hydrogens is 398 g/mol. The fourth-order valence-electron chi connectivity index (χ4n) is 2.31. The van der Waals surface area contributed by atoms with Gasteiger partial charge in [-0.3, -0.25) is 15.0 Å². The maximum Gasteiger partial charge on any atom is 0.289 e. The van der Waals surface area contributed by atoms with Gasteiger partial charge in [-0.05, 0) is 49.2 Å². The standard InChI is InChI=1S/C18H23N5O5S/c19-16(7-4-12-22-18(20)21)17(24)23(25)29(26,27)15-10-8-14(9-11-15)28-13-5-2-1-3-6-13/h1-3,5-6,8-11,16,25H,4,7,12,19H2,(H4,20,21,22)/t16-/m1/s1. The number of ether oxygens (including phenoxy) is 1. The van der Waals surface area contributed by atoms with E-state index in [-0.39, 0.29) is 28.3 Å². The second-order valence-corrected chi connectivity index (χ2v) is 7.80. The number of carbonyl (C=O) groups excluding carboxylic acids is 1. The zero-order chi connectivity index (χ0) is 21.4. The van der Waals surface area contributed by atoms with E-state index >= 15 is 0 Å². The molecule has 7 N–H and O–H groups in total. The van der Waals surface area contributed by atoms with Crippen molar-refractivity contribution >= 4 is 21.9 Å². The molecule has 0 aromatic heterocycles. The third-order valence-electron chi connectivity index (χ3n) is 3.80. The average Bonchev–Trinajstić information content (AvgIpc) is 2.71. The SMILES string of the molecule is NC(N)=NCCC[C@@H](N)C(=O)N(O)S(=O)(=O)c1ccc(Oc2ccccc2)cc1. The van der Waals surface area contributed by atoms with Gasteiger partial charge in [-0.1, -0.05) is 18.2 Å². The van der Waals surface area contributed by atoms with Crippen molar-refractivity contribution in [1.29, 1.82) is 0 Å². The van der Waals surface area contributed by atoms with E-state index in [0.29, 0.717) is 17.9 Å². The number of hydrogen-bond acceptors (Lipinski definition) is 7. The number of amides is 1.